The smallest absolute Gasteiger partial charge is 0.223 e. The summed E-state index contributed by atoms with van der Waals surface area (Å²) >= 11 is 0. The summed E-state index contributed by atoms with van der Waals surface area (Å²) in [5, 5.41) is 14.7. The molecule has 4 aromatic rings. The van der Waals surface area contributed by atoms with Crippen LogP contribution in [0.3, 0.4) is 0 Å². The van der Waals surface area contributed by atoms with Crippen LogP contribution in [0.2, 0.25) is 0 Å². The van der Waals surface area contributed by atoms with Crippen molar-refractivity contribution in [3.63, 3.8) is 0 Å². The Morgan fingerprint density at radius 3 is 2.88 bits per heavy atom. The number of aromatic hydroxyl groups is 1. The van der Waals surface area contributed by atoms with E-state index >= 15 is 0 Å². The van der Waals surface area contributed by atoms with E-state index in [2.05, 4.69) is 20.3 Å². The molecule has 0 bridgehead atoms. The molecule has 0 saturated carbocycles. The average molecular weight is 335 g/mol. The highest BCUT2D eigenvalue weighted by molar-refractivity contribution is 6.11. The monoisotopic (exact) mass is 335 g/mol. The molecule has 0 fully saturated rings. The Labute approximate surface area is 143 Å². The number of nitrogen functional groups attached to an aromatic ring is 1. The van der Waals surface area contributed by atoms with Gasteiger partial charge < -0.3 is 25.9 Å². The van der Waals surface area contributed by atoms with Gasteiger partial charge in [0.15, 0.2) is 0 Å². The Kier molecular flexibility index (Phi) is 3.53. The van der Waals surface area contributed by atoms with Gasteiger partial charge in [-0.25, -0.2) is 0 Å². The molecule has 2 aromatic heterocycles. The number of methoxy groups -OCH3 is 1. The van der Waals surface area contributed by atoms with Gasteiger partial charge in [0.2, 0.25) is 5.95 Å². The maximum absolute atomic E-state index is 9.81. The highest BCUT2D eigenvalue weighted by Crippen LogP contribution is 2.32. The highest BCUT2D eigenvalue weighted by atomic mass is 16.5. The minimum atomic E-state index is 0.172. The lowest BCUT2D eigenvalue weighted by atomic mass is 10.1. The van der Waals surface area contributed by atoms with Crippen molar-refractivity contribution in [2.45, 2.75) is 6.54 Å². The van der Waals surface area contributed by atoms with Crippen molar-refractivity contribution >= 4 is 33.7 Å². The number of hydrogen-bond acceptors (Lipinski definition) is 6. The molecule has 7 heteroatoms. The number of nitrogens with two attached hydrogens (primary N) is 1. The van der Waals surface area contributed by atoms with Gasteiger partial charge in [0, 0.05) is 23.0 Å². The third-order valence-corrected chi connectivity index (χ3v) is 4.09. The number of ether oxygens (including phenoxy) is 1. The van der Waals surface area contributed by atoms with Gasteiger partial charge in [-0.1, -0.05) is 18.2 Å². The molecule has 0 aliphatic heterocycles. The van der Waals surface area contributed by atoms with E-state index in [1.807, 2.05) is 24.3 Å². The predicted molar refractivity (Wildman–Crippen MR) is 97.8 cm³/mol. The zero-order chi connectivity index (χ0) is 17.4. The largest absolute Gasteiger partial charge is 0.508 e. The van der Waals surface area contributed by atoms with Crippen molar-refractivity contribution in [1.82, 2.24) is 15.0 Å². The minimum Gasteiger partial charge on any atom is -0.508 e. The molecule has 4 rings (SSSR count). The van der Waals surface area contributed by atoms with Crippen molar-refractivity contribution in [3.05, 3.63) is 48.0 Å². The molecule has 2 heterocycles. The lowest BCUT2D eigenvalue weighted by Crippen LogP contribution is -2.06. The second-order valence-corrected chi connectivity index (χ2v) is 5.67. The van der Waals surface area contributed by atoms with E-state index < -0.39 is 0 Å². The molecular weight excluding hydrogens is 318 g/mol. The van der Waals surface area contributed by atoms with E-state index in [0.717, 1.165) is 27.6 Å². The minimum absolute atomic E-state index is 0.172. The Bertz CT molecular complexity index is 1070. The Hall–Kier alpha value is -3.48. The second-order valence-electron chi connectivity index (χ2n) is 5.67. The van der Waals surface area contributed by atoms with Crippen LogP contribution in [0.25, 0.3) is 21.9 Å². The number of phenols is 1. The molecule has 0 amide bonds. The maximum atomic E-state index is 9.81. The molecule has 0 aliphatic rings. The Morgan fingerprint density at radius 2 is 2.04 bits per heavy atom. The summed E-state index contributed by atoms with van der Waals surface area (Å²) in [5.74, 6) is 1.75. The van der Waals surface area contributed by atoms with Crippen LogP contribution in [-0.2, 0) is 6.54 Å². The molecule has 2 aromatic carbocycles. The summed E-state index contributed by atoms with van der Waals surface area (Å²) in [4.78, 5) is 11.8. The highest BCUT2D eigenvalue weighted by Gasteiger charge is 2.14. The first-order valence-corrected chi connectivity index (χ1v) is 7.79. The summed E-state index contributed by atoms with van der Waals surface area (Å²) in [6.07, 6.45) is 0. The predicted octanol–water partition coefficient (Wildman–Crippen LogP) is 3.02. The number of nitrogens with zero attached hydrogens (tertiary/aromatic N) is 2. The SMILES string of the molecule is COc1ccccc1CNc1nc(N)nc2[nH]c3ccc(O)cc3c12. The molecule has 0 radical (unpaired) electrons. The number of aromatic amines is 1. The zero-order valence-electron chi connectivity index (χ0n) is 13.6. The van der Waals surface area contributed by atoms with Gasteiger partial charge in [-0.2, -0.15) is 9.97 Å². The quantitative estimate of drug-likeness (QED) is 0.456. The lowest BCUT2D eigenvalue weighted by Gasteiger charge is -2.11. The Balaban J connectivity index is 1.80. The molecule has 0 spiro atoms. The van der Waals surface area contributed by atoms with Gasteiger partial charge in [-0.3, -0.25) is 0 Å². The maximum Gasteiger partial charge on any atom is 0.223 e. The molecular formula is C18H17N5O2. The van der Waals surface area contributed by atoms with Crippen molar-refractivity contribution in [2.75, 3.05) is 18.2 Å². The Morgan fingerprint density at radius 1 is 1.20 bits per heavy atom. The van der Waals surface area contributed by atoms with Crippen molar-refractivity contribution in [1.29, 1.82) is 0 Å². The number of para-hydroxylation sites is 1. The van der Waals surface area contributed by atoms with Crippen LogP contribution in [-0.4, -0.2) is 27.2 Å². The number of rotatable bonds is 4. The van der Waals surface area contributed by atoms with Crippen molar-refractivity contribution in [2.24, 2.45) is 0 Å². The topological polar surface area (TPSA) is 109 Å². The van der Waals surface area contributed by atoms with E-state index in [4.69, 9.17) is 10.5 Å². The number of H-pyrrole nitrogens is 1. The summed E-state index contributed by atoms with van der Waals surface area (Å²) in [6.45, 7) is 0.515. The summed E-state index contributed by atoms with van der Waals surface area (Å²) in [7, 11) is 1.64. The van der Waals surface area contributed by atoms with Crippen LogP contribution in [0.5, 0.6) is 11.5 Å². The molecule has 25 heavy (non-hydrogen) atoms. The molecule has 0 atom stereocenters. The number of hydrogen-bond donors (Lipinski definition) is 4. The average Bonchev–Trinajstić information content (AvgIpc) is 2.97. The first-order chi connectivity index (χ1) is 12.2. The standard InChI is InChI=1S/C18H17N5O2/c1-25-14-5-3-2-4-10(14)9-20-16-15-12-8-11(24)6-7-13(12)21-17(15)23-18(19)22-16/h2-8,24H,9H2,1H3,(H4,19,20,21,22,23). The van der Waals surface area contributed by atoms with E-state index in [1.165, 1.54) is 0 Å². The normalized spacial score (nSPS) is 11.1. The van der Waals surface area contributed by atoms with Crippen LogP contribution in [0.4, 0.5) is 11.8 Å². The van der Waals surface area contributed by atoms with Gasteiger partial charge in [-0.15, -0.1) is 0 Å². The van der Waals surface area contributed by atoms with Crippen LogP contribution in [0, 0.1) is 0 Å². The number of fused-ring (bicyclic) bond motifs is 3. The third-order valence-electron chi connectivity index (χ3n) is 4.09. The van der Waals surface area contributed by atoms with Crippen molar-refractivity contribution < 1.29 is 9.84 Å². The number of phenolic OH excluding ortho intramolecular Hbond substituents is 1. The molecule has 0 unspecified atom stereocenters. The van der Waals surface area contributed by atoms with Crippen LogP contribution >= 0.6 is 0 Å². The van der Waals surface area contributed by atoms with Crippen LogP contribution < -0.4 is 15.8 Å². The fourth-order valence-electron chi connectivity index (χ4n) is 2.96. The van der Waals surface area contributed by atoms with E-state index in [1.54, 1.807) is 25.3 Å². The molecule has 0 saturated heterocycles. The van der Waals surface area contributed by atoms with E-state index in [-0.39, 0.29) is 11.7 Å². The van der Waals surface area contributed by atoms with Crippen molar-refractivity contribution in [3.8, 4) is 11.5 Å². The number of aromatic nitrogens is 3. The number of benzene rings is 2. The van der Waals surface area contributed by atoms with Gasteiger partial charge in [0.1, 0.15) is 23.0 Å². The first kappa shape index (κ1) is 15.1. The molecule has 126 valence electrons. The molecule has 0 aliphatic carbocycles. The van der Waals surface area contributed by atoms with E-state index in [9.17, 15) is 5.11 Å². The fourth-order valence-corrected chi connectivity index (χ4v) is 2.96. The number of anilines is 2. The zero-order valence-corrected chi connectivity index (χ0v) is 13.6. The van der Waals surface area contributed by atoms with Gasteiger partial charge >= 0.3 is 0 Å². The summed E-state index contributed by atoms with van der Waals surface area (Å²) in [5.41, 5.74) is 8.32. The number of nitrogens with one attached hydrogen (secondary N) is 2. The first-order valence-electron chi connectivity index (χ1n) is 7.79. The molecule has 7 nitrogen and oxygen atoms in total. The van der Waals surface area contributed by atoms with E-state index in [0.29, 0.717) is 18.0 Å². The van der Waals surface area contributed by atoms with Gasteiger partial charge in [0.05, 0.1) is 12.5 Å². The second kappa shape index (κ2) is 5.86. The van der Waals surface area contributed by atoms with Crippen LogP contribution in [0.1, 0.15) is 5.56 Å². The lowest BCUT2D eigenvalue weighted by molar-refractivity contribution is 0.410. The third kappa shape index (κ3) is 2.65. The molecule has 5 N–H and O–H groups in total. The van der Waals surface area contributed by atoms with Crippen LogP contribution in [0.15, 0.2) is 42.5 Å². The fraction of sp³-hybridized carbons (Fsp3) is 0.111. The summed E-state index contributed by atoms with van der Waals surface area (Å²) in [6, 6.07) is 12.9. The summed E-state index contributed by atoms with van der Waals surface area (Å²) < 4.78 is 5.38. The van der Waals surface area contributed by atoms with Gasteiger partial charge in [-0.05, 0) is 24.3 Å². The van der Waals surface area contributed by atoms with Gasteiger partial charge in [0.25, 0.3) is 0 Å².